The van der Waals surface area contributed by atoms with Gasteiger partial charge in [-0.15, -0.1) is 0 Å². The standard InChI is InChI=1S/C15H21BrN2O/c1-18(2)7-3-6-17-10-12-8-13-9-14(16)4-5-15(13)19-11-12/h4-5,8-9,17H,3,6-7,10-11H2,1-2H3. The summed E-state index contributed by atoms with van der Waals surface area (Å²) in [6.07, 6.45) is 3.39. The van der Waals surface area contributed by atoms with Gasteiger partial charge in [0.1, 0.15) is 12.4 Å². The molecule has 4 heteroatoms. The molecular formula is C15H21BrN2O. The van der Waals surface area contributed by atoms with E-state index in [2.05, 4.69) is 52.4 Å². The fourth-order valence-corrected chi connectivity index (χ4v) is 2.45. The van der Waals surface area contributed by atoms with Gasteiger partial charge in [-0.05, 0) is 63.5 Å². The van der Waals surface area contributed by atoms with Gasteiger partial charge in [0.25, 0.3) is 0 Å². The van der Waals surface area contributed by atoms with E-state index in [1.807, 2.05) is 12.1 Å². The molecule has 104 valence electrons. The predicted octanol–water partition coefficient (Wildman–Crippen LogP) is 2.77. The van der Waals surface area contributed by atoms with E-state index < -0.39 is 0 Å². The lowest BCUT2D eigenvalue weighted by molar-refractivity contribution is 0.342. The molecule has 0 unspecified atom stereocenters. The van der Waals surface area contributed by atoms with E-state index in [0.717, 1.165) is 35.4 Å². The maximum absolute atomic E-state index is 5.75. The minimum Gasteiger partial charge on any atom is -0.489 e. The molecule has 0 radical (unpaired) electrons. The van der Waals surface area contributed by atoms with Crippen molar-refractivity contribution in [2.75, 3.05) is 40.3 Å². The summed E-state index contributed by atoms with van der Waals surface area (Å²) in [5.74, 6) is 0.972. The lowest BCUT2D eigenvalue weighted by Crippen LogP contribution is -2.25. The second-order valence-corrected chi connectivity index (χ2v) is 6.02. The Balaban J connectivity index is 1.82. The molecule has 0 bridgehead atoms. The zero-order valence-electron chi connectivity index (χ0n) is 11.6. The lowest BCUT2D eigenvalue weighted by Gasteiger charge is -2.18. The Bertz CT molecular complexity index is 457. The largest absolute Gasteiger partial charge is 0.489 e. The minimum atomic E-state index is 0.690. The Morgan fingerprint density at radius 2 is 2.21 bits per heavy atom. The number of hydrogen-bond donors (Lipinski definition) is 1. The quantitative estimate of drug-likeness (QED) is 0.814. The lowest BCUT2D eigenvalue weighted by atomic mass is 10.1. The molecule has 0 fully saturated rings. The summed E-state index contributed by atoms with van der Waals surface area (Å²) in [6.45, 7) is 3.76. The van der Waals surface area contributed by atoms with Crippen molar-refractivity contribution < 1.29 is 4.74 Å². The summed E-state index contributed by atoms with van der Waals surface area (Å²) in [5.41, 5.74) is 2.46. The maximum atomic E-state index is 5.75. The van der Waals surface area contributed by atoms with Gasteiger partial charge < -0.3 is 15.0 Å². The van der Waals surface area contributed by atoms with Crippen LogP contribution in [0.1, 0.15) is 12.0 Å². The Hall–Kier alpha value is -0.840. The van der Waals surface area contributed by atoms with Crippen LogP contribution < -0.4 is 10.1 Å². The smallest absolute Gasteiger partial charge is 0.127 e. The van der Waals surface area contributed by atoms with Crippen LogP contribution in [0.4, 0.5) is 0 Å². The molecule has 1 aromatic carbocycles. The molecule has 0 saturated carbocycles. The molecule has 1 N–H and O–H groups in total. The highest BCUT2D eigenvalue weighted by atomic mass is 79.9. The van der Waals surface area contributed by atoms with Gasteiger partial charge in [-0.25, -0.2) is 0 Å². The molecule has 1 aliphatic heterocycles. The average Bonchev–Trinajstić information content (AvgIpc) is 2.37. The number of nitrogens with zero attached hydrogens (tertiary/aromatic N) is 1. The van der Waals surface area contributed by atoms with Gasteiger partial charge in [-0.1, -0.05) is 15.9 Å². The van der Waals surface area contributed by atoms with E-state index >= 15 is 0 Å². The van der Waals surface area contributed by atoms with E-state index in [0.29, 0.717) is 6.61 Å². The van der Waals surface area contributed by atoms with Gasteiger partial charge >= 0.3 is 0 Å². The van der Waals surface area contributed by atoms with Crippen LogP contribution in [0, 0.1) is 0 Å². The first kappa shape index (κ1) is 14.6. The first-order valence-corrected chi connectivity index (χ1v) is 7.42. The number of fused-ring (bicyclic) bond motifs is 1. The van der Waals surface area contributed by atoms with Crippen LogP contribution in [-0.2, 0) is 0 Å². The molecule has 0 saturated heterocycles. The normalized spacial score (nSPS) is 14.0. The van der Waals surface area contributed by atoms with E-state index in [1.165, 1.54) is 12.0 Å². The first-order chi connectivity index (χ1) is 9.15. The monoisotopic (exact) mass is 324 g/mol. The van der Waals surface area contributed by atoms with Gasteiger partial charge in [-0.2, -0.15) is 0 Å². The van der Waals surface area contributed by atoms with Crippen LogP contribution in [0.3, 0.4) is 0 Å². The van der Waals surface area contributed by atoms with Crippen LogP contribution in [0.25, 0.3) is 6.08 Å². The highest BCUT2D eigenvalue weighted by molar-refractivity contribution is 9.10. The van der Waals surface area contributed by atoms with Crippen molar-refractivity contribution >= 4 is 22.0 Å². The Morgan fingerprint density at radius 3 is 3.00 bits per heavy atom. The van der Waals surface area contributed by atoms with Crippen molar-refractivity contribution in [3.8, 4) is 5.75 Å². The molecular weight excluding hydrogens is 304 g/mol. The second-order valence-electron chi connectivity index (χ2n) is 5.11. The molecule has 0 atom stereocenters. The van der Waals surface area contributed by atoms with Gasteiger partial charge in [0, 0.05) is 16.6 Å². The van der Waals surface area contributed by atoms with Gasteiger partial charge in [0.2, 0.25) is 0 Å². The molecule has 3 nitrogen and oxygen atoms in total. The second kappa shape index (κ2) is 7.08. The van der Waals surface area contributed by atoms with Crippen molar-refractivity contribution in [3.05, 3.63) is 33.8 Å². The highest BCUT2D eigenvalue weighted by Gasteiger charge is 2.11. The van der Waals surface area contributed by atoms with Crippen LogP contribution in [0.15, 0.2) is 28.2 Å². The van der Waals surface area contributed by atoms with E-state index in [4.69, 9.17) is 4.74 Å². The van der Waals surface area contributed by atoms with E-state index in [1.54, 1.807) is 0 Å². The summed E-state index contributed by atoms with van der Waals surface area (Å²) >= 11 is 3.49. The topological polar surface area (TPSA) is 24.5 Å². The molecule has 19 heavy (non-hydrogen) atoms. The Kier molecular flexibility index (Phi) is 5.43. The summed E-state index contributed by atoms with van der Waals surface area (Å²) in [5, 5.41) is 3.47. The molecule has 0 spiro atoms. The number of benzene rings is 1. The summed E-state index contributed by atoms with van der Waals surface area (Å²) in [4.78, 5) is 2.21. The van der Waals surface area contributed by atoms with Crippen molar-refractivity contribution in [2.24, 2.45) is 0 Å². The van der Waals surface area contributed by atoms with E-state index in [9.17, 15) is 0 Å². The van der Waals surface area contributed by atoms with Crippen molar-refractivity contribution in [1.29, 1.82) is 0 Å². The van der Waals surface area contributed by atoms with Gasteiger partial charge in [0.15, 0.2) is 0 Å². The molecule has 2 rings (SSSR count). The molecule has 1 aromatic rings. The van der Waals surface area contributed by atoms with Crippen molar-refractivity contribution in [3.63, 3.8) is 0 Å². The Morgan fingerprint density at radius 1 is 1.37 bits per heavy atom. The highest BCUT2D eigenvalue weighted by Crippen LogP contribution is 2.28. The van der Waals surface area contributed by atoms with E-state index in [-0.39, 0.29) is 0 Å². The van der Waals surface area contributed by atoms with Crippen LogP contribution >= 0.6 is 15.9 Å². The number of ether oxygens (including phenoxy) is 1. The minimum absolute atomic E-state index is 0.690. The number of rotatable bonds is 6. The molecule has 1 aliphatic rings. The average molecular weight is 325 g/mol. The Labute approximate surface area is 123 Å². The zero-order valence-corrected chi connectivity index (χ0v) is 13.2. The van der Waals surface area contributed by atoms with Crippen LogP contribution in [-0.4, -0.2) is 45.2 Å². The molecule has 1 heterocycles. The van der Waals surface area contributed by atoms with Gasteiger partial charge in [-0.3, -0.25) is 0 Å². The number of nitrogens with one attached hydrogen (secondary N) is 1. The predicted molar refractivity (Wildman–Crippen MR) is 83.7 cm³/mol. The van der Waals surface area contributed by atoms with Crippen molar-refractivity contribution in [2.45, 2.75) is 6.42 Å². The van der Waals surface area contributed by atoms with Crippen molar-refractivity contribution in [1.82, 2.24) is 10.2 Å². The fourth-order valence-electron chi connectivity index (χ4n) is 2.07. The third kappa shape index (κ3) is 4.64. The summed E-state index contributed by atoms with van der Waals surface area (Å²) in [6, 6.07) is 6.12. The first-order valence-electron chi connectivity index (χ1n) is 6.62. The summed E-state index contributed by atoms with van der Waals surface area (Å²) in [7, 11) is 4.21. The third-order valence-electron chi connectivity index (χ3n) is 3.06. The molecule has 0 aromatic heterocycles. The van der Waals surface area contributed by atoms with Gasteiger partial charge in [0.05, 0.1) is 0 Å². The SMILES string of the molecule is CN(C)CCCNCC1=Cc2cc(Br)ccc2OC1. The number of hydrogen-bond acceptors (Lipinski definition) is 3. The van der Waals surface area contributed by atoms with Crippen LogP contribution in [0.2, 0.25) is 0 Å². The maximum Gasteiger partial charge on any atom is 0.127 e. The number of halogens is 1. The third-order valence-corrected chi connectivity index (χ3v) is 3.55. The molecule has 0 amide bonds. The molecule has 0 aliphatic carbocycles. The summed E-state index contributed by atoms with van der Waals surface area (Å²) < 4.78 is 6.84. The van der Waals surface area contributed by atoms with Crippen LogP contribution in [0.5, 0.6) is 5.75 Å². The zero-order chi connectivity index (χ0) is 13.7. The fraction of sp³-hybridized carbons (Fsp3) is 0.467.